The molecular weight excluding hydrogens is 554 g/mol. The van der Waals surface area contributed by atoms with E-state index < -0.39 is 5.25 Å². The van der Waals surface area contributed by atoms with E-state index in [0.29, 0.717) is 50.5 Å². The minimum Gasteiger partial charge on any atom is -0.497 e. The van der Waals surface area contributed by atoms with Crippen LogP contribution in [-0.4, -0.2) is 50.5 Å². The second-order valence-corrected chi connectivity index (χ2v) is 10.4. The molecule has 1 aliphatic rings. The highest BCUT2D eigenvalue weighted by molar-refractivity contribution is 8.00. The first kappa shape index (κ1) is 28.5. The molecule has 0 saturated carbocycles. The van der Waals surface area contributed by atoms with E-state index in [1.165, 1.54) is 26.2 Å². The standard InChI is InChI=1S/C32H27N3O6S/c1-38-22-12-10-21(11-13-22)35-29(36)17-28(32(35)37)42-31-24(18-33)23(16-25(34-31)19-8-6-5-7-9-19)20-14-26(39-2)30(41-4)27(15-20)40-3/h5-16,28H,17H2,1-4H3/t28-/m1/s1. The van der Waals surface area contributed by atoms with Gasteiger partial charge in [0.2, 0.25) is 17.6 Å². The number of carbonyl (C=O) groups is 2. The van der Waals surface area contributed by atoms with Crippen molar-refractivity contribution in [3.63, 3.8) is 0 Å². The van der Waals surface area contributed by atoms with Crippen molar-refractivity contribution in [3.05, 3.63) is 78.4 Å². The predicted octanol–water partition coefficient (Wildman–Crippen LogP) is 5.75. The second kappa shape index (κ2) is 12.2. The predicted molar refractivity (Wildman–Crippen MR) is 159 cm³/mol. The molecule has 5 rings (SSSR count). The van der Waals surface area contributed by atoms with Crippen LogP contribution in [0.5, 0.6) is 23.0 Å². The van der Waals surface area contributed by atoms with Gasteiger partial charge in [0.05, 0.1) is 50.6 Å². The van der Waals surface area contributed by atoms with Crippen LogP contribution in [0.2, 0.25) is 0 Å². The van der Waals surface area contributed by atoms with Gasteiger partial charge < -0.3 is 18.9 Å². The lowest BCUT2D eigenvalue weighted by molar-refractivity contribution is -0.121. The van der Waals surface area contributed by atoms with Crippen LogP contribution in [-0.2, 0) is 9.59 Å². The van der Waals surface area contributed by atoms with E-state index in [2.05, 4.69) is 6.07 Å². The Kier molecular flexibility index (Phi) is 8.31. The Balaban J connectivity index is 1.61. The Morgan fingerprint density at radius 2 is 1.52 bits per heavy atom. The highest BCUT2D eigenvalue weighted by Gasteiger charge is 2.41. The number of methoxy groups -OCH3 is 4. The molecule has 4 aromatic rings. The zero-order valence-electron chi connectivity index (χ0n) is 23.4. The Labute approximate surface area is 247 Å². The highest BCUT2D eigenvalue weighted by Crippen LogP contribution is 2.44. The molecule has 2 heterocycles. The number of rotatable bonds is 9. The Hall–Kier alpha value is -5.01. The molecule has 0 N–H and O–H groups in total. The fourth-order valence-corrected chi connectivity index (χ4v) is 5.90. The quantitative estimate of drug-likeness (QED) is 0.228. The molecule has 1 saturated heterocycles. The summed E-state index contributed by atoms with van der Waals surface area (Å²) in [5, 5.41) is 9.95. The van der Waals surface area contributed by atoms with Crippen molar-refractivity contribution in [3.8, 4) is 51.5 Å². The van der Waals surface area contributed by atoms with Gasteiger partial charge >= 0.3 is 0 Å². The molecule has 0 unspecified atom stereocenters. The Morgan fingerprint density at radius 3 is 2.10 bits per heavy atom. The summed E-state index contributed by atoms with van der Waals surface area (Å²) >= 11 is 1.11. The summed E-state index contributed by atoms with van der Waals surface area (Å²) in [6.07, 6.45) is -0.0306. The van der Waals surface area contributed by atoms with Gasteiger partial charge in [-0.3, -0.25) is 9.59 Å². The van der Waals surface area contributed by atoms with Crippen LogP contribution in [0.15, 0.2) is 77.8 Å². The maximum Gasteiger partial charge on any atom is 0.247 e. The molecule has 10 heteroatoms. The van der Waals surface area contributed by atoms with Crippen LogP contribution in [0.3, 0.4) is 0 Å². The molecule has 0 radical (unpaired) electrons. The van der Waals surface area contributed by atoms with Gasteiger partial charge in [0, 0.05) is 17.5 Å². The van der Waals surface area contributed by atoms with Crippen molar-refractivity contribution < 1.29 is 28.5 Å². The smallest absolute Gasteiger partial charge is 0.247 e. The van der Waals surface area contributed by atoms with Gasteiger partial charge in [0.15, 0.2) is 11.5 Å². The topological polar surface area (TPSA) is 111 Å². The Morgan fingerprint density at radius 1 is 0.857 bits per heavy atom. The number of benzene rings is 3. The number of nitrogens with zero attached hydrogens (tertiary/aromatic N) is 3. The fourth-order valence-electron chi connectivity index (χ4n) is 4.77. The van der Waals surface area contributed by atoms with Crippen LogP contribution >= 0.6 is 11.8 Å². The number of thioether (sulfide) groups is 1. The molecule has 2 amide bonds. The summed E-state index contributed by atoms with van der Waals surface area (Å²) in [6, 6.07) is 23.9. The maximum atomic E-state index is 13.5. The largest absolute Gasteiger partial charge is 0.497 e. The van der Waals surface area contributed by atoms with Crippen LogP contribution in [0.1, 0.15) is 12.0 Å². The minimum atomic E-state index is -0.766. The number of ether oxygens (including phenoxy) is 4. The Bertz CT molecular complexity index is 1660. The van der Waals surface area contributed by atoms with Crippen LogP contribution < -0.4 is 23.8 Å². The van der Waals surface area contributed by atoms with Crippen molar-refractivity contribution in [2.75, 3.05) is 33.3 Å². The number of nitriles is 1. The first-order valence-corrected chi connectivity index (χ1v) is 13.8. The van der Waals surface area contributed by atoms with E-state index in [1.54, 1.807) is 43.5 Å². The lowest BCUT2D eigenvalue weighted by Gasteiger charge is -2.18. The molecule has 1 aromatic heterocycles. The van der Waals surface area contributed by atoms with E-state index >= 15 is 0 Å². The van der Waals surface area contributed by atoms with Gasteiger partial charge in [-0.25, -0.2) is 9.88 Å². The number of hydrogen-bond donors (Lipinski definition) is 0. The van der Waals surface area contributed by atoms with Crippen LogP contribution in [0.25, 0.3) is 22.4 Å². The number of anilines is 1. The number of hydrogen-bond acceptors (Lipinski definition) is 9. The minimum absolute atomic E-state index is 0.0306. The summed E-state index contributed by atoms with van der Waals surface area (Å²) in [7, 11) is 6.10. The van der Waals surface area contributed by atoms with E-state index in [1.807, 2.05) is 36.4 Å². The summed E-state index contributed by atoms with van der Waals surface area (Å²) < 4.78 is 21.8. The number of pyridine rings is 1. The van der Waals surface area contributed by atoms with E-state index in [-0.39, 0.29) is 23.8 Å². The number of carbonyl (C=O) groups excluding carboxylic acids is 2. The van der Waals surface area contributed by atoms with Gasteiger partial charge in [-0.15, -0.1) is 0 Å². The highest BCUT2D eigenvalue weighted by atomic mass is 32.2. The third-order valence-electron chi connectivity index (χ3n) is 6.83. The maximum absolute atomic E-state index is 13.5. The molecule has 9 nitrogen and oxygen atoms in total. The zero-order valence-corrected chi connectivity index (χ0v) is 24.2. The third kappa shape index (κ3) is 5.34. The molecule has 42 heavy (non-hydrogen) atoms. The van der Waals surface area contributed by atoms with Crippen LogP contribution in [0, 0.1) is 11.3 Å². The van der Waals surface area contributed by atoms with Crippen LogP contribution in [0.4, 0.5) is 5.69 Å². The van der Waals surface area contributed by atoms with Crippen molar-refractivity contribution in [2.45, 2.75) is 16.7 Å². The monoisotopic (exact) mass is 581 g/mol. The van der Waals surface area contributed by atoms with E-state index in [0.717, 1.165) is 17.3 Å². The van der Waals surface area contributed by atoms with Crippen molar-refractivity contribution in [1.29, 1.82) is 5.26 Å². The van der Waals surface area contributed by atoms with Crippen molar-refractivity contribution >= 4 is 29.3 Å². The summed E-state index contributed by atoms with van der Waals surface area (Å²) in [5.74, 6) is 1.18. The first-order chi connectivity index (χ1) is 20.4. The van der Waals surface area contributed by atoms with Gasteiger partial charge in [-0.2, -0.15) is 5.26 Å². The second-order valence-electron chi connectivity index (χ2n) is 9.20. The van der Waals surface area contributed by atoms with Gasteiger partial charge in [0.25, 0.3) is 0 Å². The van der Waals surface area contributed by atoms with Gasteiger partial charge in [-0.05, 0) is 48.0 Å². The summed E-state index contributed by atoms with van der Waals surface area (Å²) in [5.41, 5.74) is 3.35. The summed E-state index contributed by atoms with van der Waals surface area (Å²) in [4.78, 5) is 32.5. The van der Waals surface area contributed by atoms with Crippen molar-refractivity contribution in [2.24, 2.45) is 0 Å². The number of imide groups is 1. The molecule has 3 aromatic carbocycles. The van der Waals surface area contributed by atoms with Gasteiger partial charge in [-0.1, -0.05) is 42.1 Å². The van der Waals surface area contributed by atoms with E-state index in [4.69, 9.17) is 23.9 Å². The molecule has 0 bridgehead atoms. The molecule has 212 valence electrons. The average Bonchev–Trinajstić information content (AvgIpc) is 3.31. The normalized spacial score (nSPS) is 14.5. The molecule has 1 aliphatic heterocycles. The molecule has 1 fully saturated rings. The lowest BCUT2D eigenvalue weighted by Crippen LogP contribution is -2.31. The average molecular weight is 582 g/mol. The number of amides is 2. The molecular formula is C32H27N3O6S. The number of aromatic nitrogens is 1. The fraction of sp³-hybridized carbons (Fsp3) is 0.188. The zero-order chi connectivity index (χ0) is 29.8. The lowest BCUT2D eigenvalue weighted by atomic mass is 9.98. The summed E-state index contributed by atoms with van der Waals surface area (Å²) in [6.45, 7) is 0. The molecule has 1 atom stereocenters. The molecule has 0 aliphatic carbocycles. The molecule has 0 spiro atoms. The van der Waals surface area contributed by atoms with Crippen molar-refractivity contribution in [1.82, 2.24) is 4.98 Å². The SMILES string of the molecule is COc1ccc(N2C(=O)C[C@@H](Sc3nc(-c4ccccc4)cc(-c4cc(OC)c(OC)c(OC)c4)c3C#N)C2=O)cc1. The third-order valence-corrected chi connectivity index (χ3v) is 8.00. The van der Waals surface area contributed by atoms with E-state index in [9.17, 15) is 14.9 Å². The first-order valence-electron chi connectivity index (χ1n) is 12.9. The van der Waals surface area contributed by atoms with Gasteiger partial charge in [0.1, 0.15) is 16.8 Å².